The fraction of sp³-hybridized carbons (Fsp3) is 0.0698. The van der Waals surface area contributed by atoms with Gasteiger partial charge in [0.05, 0.1) is 27.8 Å². The van der Waals surface area contributed by atoms with Gasteiger partial charge in [0.15, 0.2) is 0 Å². The topological polar surface area (TPSA) is 9.86 Å². The van der Waals surface area contributed by atoms with Gasteiger partial charge in [-0.1, -0.05) is 129 Å². The van der Waals surface area contributed by atoms with Crippen molar-refractivity contribution in [3.05, 3.63) is 157 Å². The smallest absolute Gasteiger partial charge is 0.0647 e. The highest BCUT2D eigenvalue weighted by Crippen LogP contribution is 2.53. The van der Waals surface area contributed by atoms with Gasteiger partial charge in [-0.3, -0.25) is 0 Å². The summed E-state index contributed by atoms with van der Waals surface area (Å²) in [5, 5.41) is 7.72. The van der Waals surface area contributed by atoms with Crippen LogP contribution in [0, 0.1) is 0 Å². The molecule has 0 aliphatic heterocycles. The Kier molecular flexibility index (Phi) is 4.82. The molecule has 212 valence electrons. The number of hydrogen-bond donors (Lipinski definition) is 0. The molecule has 10 rings (SSSR count). The fourth-order valence-corrected chi connectivity index (χ4v) is 8.49. The third kappa shape index (κ3) is 3.09. The van der Waals surface area contributed by atoms with Crippen LogP contribution < -0.4 is 0 Å². The molecule has 0 N–H and O–H groups in total. The molecule has 0 atom stereocenters. The van der Waals surface area contributed by atoms with Gasteiger partial charge < -0.3 is 9.13 Å². The van der Waals surface area contributed by atoms with Crippen LogP contribution in [0.15, 0.2) is 146 Å². The minimum absolute atomic E-state index is 0.140. The molecule has 0 bridgehead atoms. The second-order valence-corrected chi connectivity index (χ2v) is 12.9. The molecule has 2 nitrogen and oxygen atoms in total. The lowest BCUT2D eigenvalue weighted by atomic mass is 9.81. The maximum absolute atomic E-state index is 2.58. The zero-order chi connectivity index (χ0) is 29.9. The van der Waals surface area contributed by atoms with Crippen LogP contribution in [0.1, 0.15) is 25.0 Å². The molecule has 0 spiro atoms. The number of aromatic nitrogens is 2. The van der Waals surface area contributed by atoms with Crippen LogP contribution in [0.25, 0.3) is 76.9 Å². The van der Waals surface area contributed by atoms with Gasteiger partial charge in [0, 0.05) is 38.0 Å². The first-order chi connectivity index (χ1) is 22.1. The zero-order valence-corrected chi connectivity index (χ0v) is 25.3. The molecule has 7 aromatic carbocycles. The Morgan fingerprint density at radius 1 is 0.422 bits per heavy atom. The number of nitrogens with zero attached hydrogens (tertiary/aromatic N) is 2. The third-order valence-electron chi connectivity index (χ3n) is 10.3. The molecular formula is C43H30N2. The lowest BCUT2D eigenvalue weighted by Gasteiger charge is -2.25. The van der Waals surface area contributed by atoms with E-state index in [1.165, 1.54) is 88.0 Å². The molecule has 0 unspecified atom stereocenters. The maximum atomic E-state index is 2.58. The minimum Gasteiger partial charge on any atom is -0.309 e. The predicted molar refractivity (Wildman–Crippen MR) is 190 cm³/mol. The van der Waals surface area contributed by atoms with Gasteiger partial charge >= 0.3 is 0 Å². The molecule has 0 amide bonds. The van der Waals surface area contributed by atoms with Crippen molar-refractivity contribution >= 4 is 54.4 Å². The Balaban J connectivity index is 1.49. The largest absolute Gasteiger partial charge is 0.309 e. The van der Waals surface area contributed by atoms with E-state index < -0.39 is 0 Å². The van der Waals surface area contributed by atoms with Crippen LogP contribution in [0.3, 0.4) is 0 Å². The van der Waals surface area contributed by atoms with E-state index in [-0.39, 0.29) is 5.41 Å². The summed E-state index contributed by atoms with van der Waals surface area (Å²) in [7, 11) is 0. The molecule has 0 saturated heterocycles. The first-order valence-corrected chi connectivity index (χ1v) is 15.8. The van der Waals surface area contributed by atoms with Crippen LogP contribution in [0.5, 0.6) is 0 Å². The fourth-order valence-electron chi connectivity index (χ4n) is 8.49. The summed E-state index contributed by atoms with van der Waals surface area (Å²) in [6, 6.07) is 53.6. The number of rotatable bonds is 2. The SMILES string of the molecule is CC1(C)c2ccccc2-c2cccc(-n3c4ccccc4c4c3c3ccccc3c3c5ccccc5n(-c5ccccc5)c34)c21. The van der Waals surface area contributed by atoms with E-state index in [0.717, 1.165) is 0 Å². The number of benzene rings is 7. The van der Waals surface area contributed by atoms with Gasteiger partial charge in [0.2, 0.25) is 0 Å². The van der Waals surface area contributed by atoms with E-state index in [2.05, 4.69) is 169 Å². The minimum atomic E-state index is -0.140. The molecule has 2 heterocycles. The summed E-state index contributed by atoms with van der Waals surface area (Å²) in [6.07, 6.45) is 0. The standard InChI is InChI=1S/C43H30N2/c1-43(2)34-23-11-8-17-28(34)30-22-14-26-37(40(30)43)45-36-25-13-10-21-33(36)39-41(45)31-19-7-6-18-29(31)38-32-20-9-12-24-35(32)44(42(38)39)27-15-4-3-5-16-27/h3-26H,1-2H3. The number of hydrogen-bond acceptors (Lipinski definition) is 0. The molecule has 45 heavy (non-hydrogen) atoms. The van der Waals surface area contributed by atoms with E-state index in [1.807, 2.05) is 0 Å². The first kappa shape index (κ1) is 24.8. The van der Waals surface area contributed by atoms with Crippen molar-refractivity contribution in [3.63, 3.8) is 0 Å². The van der Waals surface area contributed by atoms with Crippen molar-refractivity contribution in [1.82, 2.24) is 9.13 Å². The summed E-state index contributed by atoms with van der Waals surface area (Å²) >= 11 is 0. The highest BCUT2D eigenvalue weighted by molar-refractivity contribution is 6.36. The normalized spacial score (nSPS) is 13.7. The molecular weight excluding hydrogens is 544 g/mol. The van der Waals surface area contributed by atoms with Gasteiger partial charge in [-0.15, -0.1) is 0 Å². The Hall–Kier alpha value is -5.60. The van der Waals surface area contributed by atoms with Crippen molar-refractivity contribution in [2.45, 2.75) is 19.3 Å². The molecule has 0 saturated carbocycles. The summed E-state index contributed by atoms with van der Waals surface area (Å²) in [5.74, 6) is 0. The molecule has 0 radical (unpaired) electrons. The monoisotopic (exact) mass is 574 g/mol. The molecule has 2 aromatic heterocycles. The maximum Gasteiger partial charge on any atom is 0.0647 e. The van der Waals surface area contributed by atoms with Gasteiger partial charge in [0.25, 0.3) is 0 Å². The second-order valence-electron chi connectivity index (χ2n) is 12.9. The number of fused-ring (bicyclic) bond motifs is 13. The van der Waals surface area contributed by atoms with Crippen molar-refractivity contribution in [1.29, 1.82) is 0 Å². The van der Waals surface area contributed by atoms with E-state index >= 15 is 0 Å². The molecule has 1 aliphatic rings. The van der Waals surface area contributed by atoms with E-state index in [0.29, 0.717) is 0 Å². The number of para-hydroxylation sites is 3. The van der Waals surface area contributed by atoms with Gasteiger partial charge in [-0.25, -0.2) is 0 Å². The highest BCUT2D eigenvalue weighted by atomic mass is 15.0. The summed E-state index contributed by atoms with van der Waals surface area (Å²) in [4.78, 5) is 0. The third-order valence-corrected chi connectivity index (χ3v) is 10.3. The van der Waals surface area contributed by atoms with Crippen LogP contribution in [-0.4, -0.2) is 9.13 Å². The Labute approximate surface area is 261 Å². The van der Waals surface area contributed by atoms with E-state index in [9.17, 15) is 0 Å². The van der Waals surface area contributed by atoms with Crippen LogP contribution in [0.4, 0.5) is 0 Å². The molecule has 0 fully saturated rings. The summed E-state index contributed by atoms with van der Waals surface area (Å²) in [5.41, 5.74) is 12.7. The van der Waals surface area contributed by atoms with Gasteiger partial charge in [-0.2, -0.15) is 0 Å². The van der Waals surface area contributed by atoms with Crippen molar-refractivity contribution in [2.24, 2.45) is 0 Å². The Morgan fingerprint density at radius 3 is 1.78 bits per heavy atom. The quantitative estimate of drug-likeness (QED) is 0.194. The average Bonchev–Trinajstić information content (AvgIpc) is 3.70. The second kappa shape index (κ2) is 8.74. The van der Waals surface area contributed by atoms with Gasteiger partial charge in [0.1, 0.15) is 0 Å². The summed E-state index contributed by atoms with van der Waals surface area (Å²) in [6.45, 7) is 4.78. The molecule has 9 aromatic rings. The average molecular weight is 575 g/mol. The lowest BCUT2D eigenvalue weighted by Crippen LogP contribution is -2.18. The van der Waals surface area contributed by atoms with Crippen molar-refractivity contribution in [3.8, 4) is 22.5 Å². The Morgan fingerprint density at radius 2 is 1.00 bits per heavy atom. The van der Waals surface area contributed by atoms with Crippen molar-refractivity contribution in [2.75, 3.05) is 0 Å². The zero-order valence-electron chi connectivity index (χ0n) is 25.3. The van der Waals surface area contributed by atoms with Gasteiger partial charge in [-0.05, 0) is 58.0 Å². The highest BCUT2D eigenvalue weighted by Gasteiger charge is 2.38. The first-order valence-electron chi connectivity index (χ1n) is 15.8. The molecule has 1 aliphatic carbocycles. The van der Waals surface area contributed by atoms with Crippen LogP contribution >= 0.6 is 0 Å². The van der Waals surface area contributed by atoms with Crippen LogP contribution in [-0.2, 0) is 5.41 Å². The molecule has 2 heteroatoms. The van der Waals surface area contributed by atoms with Crippen LogP contribution in [0.2, 0.25) is 0 Å². The van der Waals surface area contributed by atoms with E-state index in [1.54, 1.807) is 0 Å². The van der Waals surface area contributed by atoms with E-state index in [4.69, 9.17) is 0 Å². The predicted octanol–water partition coefficient (Wildman–Crippen LogP) is 11.3. The summed E-state index contributed by atoms with van der Waals surface area (Å²) < 4.78 is 5.07. The van der Waals surface area contributed by atoms with Crippen molar-refractivity contribution < 1.29 is 0 Å². The lowest BCUT2D eigenvalue weighted by molar-refractivity contribution is 0.656. The Bertz CT molecular complexity index is 2670.